The topological polar surface area (TPSA) is 64.8 Å². The number of benzene rings is 2. The van der Waals surface area contributed by atoms with Gasteiger partial charge in [0.1, 0.15) is 18.2 Å². The molecule has 1 aliphatic rings. The van der Waals surface area contributed by atoms with Gasteiger partial charge in [-0.05, 0) is 42.5 Å². The zero-order valence-corrected chi connectivity index (χ0v) is 15.7. The highest BCUT2D eigenvalue weighted by Crippen LogP contribution is 2.31. The van der Waals surface area contributed by atoms with Crippen molar-refractivity contribution in [3.8, 4) is 22.8 Å². The van der Waals surface area contributed by atoms with Crippen LogP contribution in [0.1, 0.15) is 0 Å². The smallest absolute Gasteiger partial charge is 0.200 e. The molecule has 2 aromatic heterocycles. The molecule has 4 aromatic rings. The van der Waals surface area contributed by atoms with Gasteiger partial charge in [-0.2, -0.15) is 9.61 Å². The van der Waals surface area contributed by atoms with Gasteiger partial charge in [-0.25, -0.2) is 4.39 Å². The molecule has 3 heterocycles. The average molecular weight is 391 g/mol. The predicted octanol–water partition coefficient (Wildman–Crippen LogP) is 3.21. The Balaban J connectivity index is 1.40. The van der Waals surface area contributed by atoms with Crippen LogP contribution in [0.5, 0.6) is 11.5 Å². The van der Waals surface area contributed by atoms with E-state index in [1.807, 2.05) is 30.3 Å². The Morgan fingerprint density at radius 3 is 2.62 bits per heavy atom. The highest BCUT2D eigenvalue weighted by Gasteiger charge is 2.31. The summed E-state index contributed by atoms with van der Waals surface area (Å²) in [5.41, 5.74) is 3.35. The number of halogens is 1. The summed E-state index contributed by atoms with van der Waals surface area (Å²) in [7, 11) is 1.64. The van der Waals surface area contributed by atoms with E-state index in [0.717, 1.165) is 22.7 Å². The number of hydrogen-bond acceptors (Lipinski definition) is 6. The van der Waals surface area contributed by atoms with Crippen molar-refractivity contribution in [2.45, 2.75) is 6.10 Å². The third-order valence-corrected chi connectivity index (χ3v) is 4.95. The Hall–Kier alpha value is -3.68. The lowest BCUT2D eigenvalue weighted by Gasteiger charge is -2.40. The van der Waals surface area contributed by atoms with Crippen molar-refractivity contribution in [1.82, 2.24) is 19.8 Å². The van der Waals surface area contributed by atoms with Gasteiger partial charge >= 0.3 is 0 Å². The van der Waals surface area contributed by atoms with E-state index in [-0.39, 0.29) is 17.7 Å². The summed E-state index contributed by atoms with van der Waals surface area (Å²) in [6.07, 6.45) is 1.49. The standard InChI is InChI=1S/C21H18FN5O2/c1-28-15-8-6-14(7-9-15)18-10-19(21-24-23-13-27(21)25-18)26-11-16(12-26)29-20-5-3-2-4-17(20)22/h2-10,13,16H,11-12H2,1H3. The van der Waals surface area contributed by atoms with Gasteiger partial charge in [-0.1, -0.05) is 12.1 Å². The molecule has 1 fully saturated rings. The van der Waals surface area contributed by atoms with Crippen LogP contribution in [-0.4, -0.2) is 46.1 Å². The minimum atomic E-state index is -0.350. The molecular weight excluding hydrogens is 373 g/mol. The molecule has 29 heavy (non-hydrogen) atoms. The van der Waals surface area contributed by atoms with Crippen LogP contribution >= 0.6 is 0 Å². The number of anilines is 1. The van der Waals surface area contributed by atoms with Crippen molar-refractivity contribution in [2.75, 3.05) is 25.1 Å². The molecule has 0 amide bonds. The van der Waals surface area contributed by atoms with Crippen LogP contribution < -0.4 is 14.4 Å². The van der Waals surface area contributed by atoms with Crippen molar-refractivity contribution in [1.29, 1.82) is 0 Å². The molecule has 8 heteroatoms. The maximum absolute atomic E-state index is 13.8. The van der Waals surface area contributed by atoms with Crippen LogP contribution in [-0.2, 0) is 0 Å². The normalized spacial score (nSPS) is 14.1. The van der Waals surface area contributed by atoms with Gasteiger partial charge in [-0.15, -0.1) is 10.2 Å². The zero-order chi connectivity index (χ0) is 19.8. The lowest BCUT2D eigenvalue weighted by Crippen LogP contribution is -2.54. The van der Waals surface area contributed by atoms with E-state index in [9.17, 15) is 4.39 Å². The lowest BCUT2D eigenvalue weighted by atomic mass is 10.1. The van der Waals surface area contributed by atoms with E-state index in [4.69, 9.17) is 9.47 Å². The molecule has 0 radical (unpaired) electrons. The van der Waals surface area contributed by atoms with E-state index in [0.29, 0.717) is 18.7 Å². The van der Waals surface area contributed by atoms with Crippen LogP contribution in [0.25, 0.3) is 16.9 Å². The maximum Gasteiger partial charge on any atom is 0.200 e. The van der Waals surface area contributed by atoms with Gasteiger partial charge in [0.05, 0.1) is 31.6 Å². The first-order chi connectivity index (χ1) is 14.2. The van der Waals surface area contributed by atoms with Gasteiger partial charge in [0.25, 0.3) is 0 Å². The van der Waals surface area contributed by atoms with Crippen LogP contribution in [0.2, 0.25) is 0 Å². The number of rotatable bonds is 5. The quantitative estimate of drug-likeness (QED) is 0.521. The van der Waals surface area contributed by atoms with Crippen LogP contribution in [0.4, 0.5) is 10.1 Å². The molecule has 1 aliphatic heterocycles. The van der Waals surface area contributed by atoms with E-state index in [2.05, 4.69) is 20.2 Å². The first-order valence-electron chi connectivity index (χ1n) is 9.23. The summed E-state index contributed by atoms with van der Waals surface area (Å²) in [5, 5.41) is 12.8. The number of aromatic nitrogens is 4. The first-order valence-corrected chi connectivity index (χ1v) is 9.23. The minimum Gasteiger partial charge on any atom is -0.497 e. The highest BCUT2D eigenvalue weighted by atomic mass is 19.1. The molecule has 5 rings (SSSR count). The van der Waals surface area contributed by atoms with Crippen LogP contribution in [0.3, 0.4) is 0 Å². The molecule has 2 aromatic carbocycles. The molecule has 0 bridgehead atoms. The van der Waals surface area contributed by atoms with E-state index in [1.165, 1.54) is 6.07 Å². The summed E-state index contributed by atoms with van der Waals surface area (Å²) in [5.74, 6) is 0.713. The van der Waals surface area contributed by atoms with Crippen molar-refractivity contribution in [3.63, 3.8) is 0 Å². The summed E-state index contributed by atoms with van der Waals surface area (Å²) in [4.78, 5) is 2.13. The third-order valence-electron chi connectivity index (χ3n) is 4.95. The number of nitrogens with zero attached hydrogens (tertiary/aromatic N) is 5. The molecule has 0 saturated carbocycles. The highest BCUT2D eigenvalue weighted by molar-refractivity contribution is 5.75. The molecule has 7 nitrogen and oxygen atoms in total. The molecular formula is C21H18FN5O2. The van der Waals surface area contributed by atoms with Gasteiger partial charge in [0, 0.05) is 5.56 Å². The number of ether oxygens (including phenoxy) is 2. The average Bonchev–Trinajstić information content (AvgIpc) is 3.20. The maximum atomic E-state index is 13.8. The number of methoxy groups -OCH3 is 1. The van der Waals surface area contributed by atoms with Crippen LogP contribution in [0.15, 0.2) is 60.9 Å². The Morgan fingerprint density at radius 1 is 1.07 bits per heavy atom. The second kappa shape index (κ2) is 7.05. The Morgan fingerprint density at radius 2 is 1.86 bits per heavy atom. The van der Waals surface area contributed by atoms with Crippen molar-refractivity contribution in [3.05, 3.63) is 66.7 Å². The fraction of sp³-hybridized carbons (Fsp3) is 0.190. The summed E-state index contributed by atoms with van der Waals surface area (Å²) < 4.78 is 26.5. The fourth-order valence-electron chi connectivity index (χ4n) is 3.38. The fourth-order valence-corrected chi connectivity index (χ4v) is 3.38. The SMILES string of the molecule is COc1ccc(-c2cc(N3CC(Oc4ccccc4F)C3)c3nncn3n2)cc1. The van der Waals surface area contributed by atoms with Gasteiger partial charge < -0.3 is 14.4 Å². The Kier molecular flexibility index (Phi) is 4.23. The third kappa shape index (κ3) is 3.22. The largest absolute Gasteiger partial charge is 0.497 e. The number of hydrogen-bond donors (Lipinski definition) is 0. The molecule has 0 aliphatic carbocycles. The minimum absolute atomic E-state index is 0.0903. The summed E-state index contributed by atoms with van der Waals surface area (Å²) in [6, 6.07) is 16.2. The number of fused-ring (bicyclic) bond motifs is 1. The Bertz CT molecular complexity index is 1160. The molecule has 0 atom stereocenters. The zero-order valence-electron chi connectivity index (χ0n) is 15.7. The lowest BCUT2D eigenvalue weighted by molar-refractivity contribution is 0.160. The van der Waals surface area contributed by atoms with Gasteiger partial charge in [0.15, 0.2) is 11.6 Å². The molecule has 1 saturated heterocycles. The summed E-state index contributed by atoms with van der Waals surface area (Å²) >= 11 is 0. The van der Waals surface area contributed by atoms with Crippen molar-refractivity contribution < 1.29 is 13.9 Å². The molecule has 0 N–H and O–H groups in total. The molecule has 146 valence electrons. The molecule has 0 unspecified atom stereocenters. The van der Waals surface area contributed by atoms with E-state index < -0.39 is 0 Å². The number of para-hydroxylation sites is 1. The monoisotopic (exact) mass is 391 g/mol. The van der Waals surface area contributed by atoms with E-state index >= 15 is 0 Å². The van der Waals surface area contributed by atoms with Crippen molar-refractivity contribution >= 4 is 11.3 Å². The summed E-state index contributed by atoms with van der Waals surface area (Å²) in [6.45, 7) is 1.26. The second-order valence-corrected chi connectivity index (χ2v) is 6.82. The van der Waals surface area contributed by atoms with Gasteiger partial charge in [-0.3, -0.25) is 0 Å². The first kappa shape index (κ1) is 17.4. The van der Waals surface area contributed by atoms with Crippen LogP contribution in [0, 0.1) is 5.82 Å². The predicted molar refractivity (Wildman–Crippen MR) is 106 cm³/mol. The van der Waals surface area contributed by atoms with E-state index in [1.54, 1.807) is 36.2 Å². The molecule has 0 spiro atoms. The second-order valence-electron chi connectivity index (χ2n) is 6.82. The Labute approximate surface area is 166 Å². The van der Waals surface area contributed by atoms with Crippen molar-refractivity contribution in [2.24, 2.45) is 0 Å². The van der Waals surface area contributed by atoms with Gasteiger partial charge in [0.2, 0.25) is 5.65 Å².